The van der Waals surface area contributed by atoms with Crippen LogP contribution < -0.4 is 10.9 Å². The van der Waals surface area contributed by atoms with E-state index in [1.54, 1.807) is 21.4 Å². The average Bonchev–Trinajstić information content (AvgIpc) is 3.07. The number of nitrogens with zero attached hydrogens (tertiary/aromatic N) is 3. The number of aliphatic carboxylic acids is 1. The third-order valence-electron chi connectivity index (χ3n) is 6.35. The van der Waals surface area contributed by atoms with Gasteiger partial charge in [0.1, 0.15) is 16.5 Å². The average molecular weight is 636 g/mol. The minimum Gasteiger partial charge on any atom is -0.475 e. The molecular formula is C26H27Cl2F4N5O5. The molecule has 1 aliphatic rings. The topological polar surface area (TPSA) is 127 Å². The van der Waals surface area contributed by atoms with E-state index in [1.807, 2.05) is 0 Å². The van der Waals surface area contributed by atoms with E-state index < -0.39 is 18.0 Å². The number of H-pyrrole nitrogens is 1. The third kappa shape index (κ3) is 8.46. The van der Waals surface area contributed by atoms with Gasteiger partial charge in [-0.1, -0.05) is 29.3 Å². The fourth-order valence-corrected chi connectivity index (χ4v) is 4.78. The molecule has 4 rings (SSSR count). The molecule has 42 heavy (non-hydrogen) atoms. The normalized spacial score (nSPS) is 14.2. The Hall–Kier alpha value is -3.62. The number of hydrogen-bond donors (Lipinski definition) is 3. The van der Waals surface area contributed by atoms with Crippen LogP contribution in [-0.4, -0.2) is 87.5 Å². The Kier molecular flexibility index (Phi) is 11.0. The number of carboxylic acid groups (broad SMARTS) is 1. The van der Waals surface area contributed by atoms with Crippen molar-refractivity contribution < 1.29 is 37.1 Å². The van der Waals surface area contributed by atoms with E-state index in [0.29, 0.717) is 55.9 Å². The second-order valence-corrected chi connectivity index (χ2v) is 10.1. The quantitative estimate of drug-likeness (QED) is 0.355. The minimum absolute atomic E-state index is 0.00602. The molecule has 228 valence electrons. The predicted molar refractivity (Wildman–Crippen MR) is 147 cm³/mol. The van der Waals surface area contributed by atoms with Gasteiger partial charge in [0.05, 0.1) is 10.6 Å². The van der Waals surface area contributed by atoms with Crippen molar-refractivity contribution >= 4 is 46.5 Å². The highest BCUT2D eigenvalue weighted by molar-refractivity contribution is 6.42. The molecule has 0 saturated carbocycles. The maximum Gasteiger partial charge on any atom is 0.490 e. The number of carboxylic acids is 1. The van der Waals surface area contributed by atoms with Gasteiger partial charge in [0.2, 0.25) is 5.91 Å². The molecule has 0 aliphatic carbocycles. The fourth-order valence-electron chi connectivity index (χ4n) is 4.34. The Morgan fingerprint density at radius 3 is 2.43 bits per heavy atom. The Balaban J connectivity index is 0.000000616. The van der Waals surface area contributed by atoms with Crippen molar-refractivity contribution in [2.24, 2.45) is 0 Å². The van der Waals surface area contributed by atoms with E-state index >= 15 is 0 Å². The Morgan fingerprint density at radius 2 is 1.79 bits per heavy atom. The van der Waals surface area contributed by atoms with Crippen molar-refractivity contribution in [2.45, 2.75) is 25.9 Å². The second-order valence-electron chi connectivity index (χ2n) is 9.38. The maximum atomic E-state index is 14.7. The second kappa shape index (κ2) is 14.0. The standard InChI is InChI=1S/C24H26Cl2FN5O3.C2HF3O2/c1-15(33)28-5-8-30-6-2-7-31(10-9-30)24(35)18-12-16(3-4-20(18)27)11-17-14-29-23(34)21-13-19(25)22(26)32(17)21;3-2(4,5)1(6)7/h3-4,12-14H,2,5-11H2,1H3,(H,28,33)(H,29,34);(H,6,7). The first-order valence-electron chi connectivity index (χ1n) is 12.6. The van der Waals surface area contributed by atoms with Crippen molar-refractivity contribution in [3.63, 3.8) is 0 Å². The zero-order valence-corrected chi connectivity index (χ0v) is 23.7. The molecule has 0 spiro atoms. The van der Waals surface area contributed by atoms with Crippen LogP contribution in [0.2, 0.25) is 10.2 Å². The van der Waals surface area contributed by atoms with Crippen LogP contribution in [-0.2, 0) is 16.0 Å². The van der Waals surface area contributed by atoms with Crippen LogP contribution in [0.4, 0.5) is 17.6 Å². The number of amides is 2. The molecule has 0 radical (unpaired) electrons. The van der Waals surface area contributed by atoms with Gasteiger partial charge in [0.25, 0.3) is 11.5 Å². The van der Waals surface area contributed by atoms with Crippen LogP contribution >= 0.6 is 23.2 Å². The van der Waals surface area contributed by atoms with Crippen LogP contribution in [0.1, 0.15) is 35.0 Å². The lowest BCUT2D eigenvalue weighted by Crippen LogP contribution is -2.38. The molecule has 0 atom stereocenters. The van der Waals surface area contributed by atoms with Gasteiger partial charge in [0, 0.05) is 58.0 Å². The number of aromatic nitrogens is 2. The summed E-state index contributed by atoms with van der Waals surface area (Å²) in [5.41, 5.74) is 1.32. The minimum atomic E-state index is -5.08. The molecule has 16 heteroatoms. The number of hydrogen-bond acceptors (Lipinski definition) is 5. The summed E-state index contributed by atoms with van der Waals surface area (Å²) in [6.07, 6.45) is -2.49. The summed E-state index contributed by atoms with van der Waals surface area (Å²) in [4.78, 5) is 51.8. The molecule has 1 saturated heterocycles. The van der Waals surface area contributed by atoms with Crippen molar-refractivity contribution in [1.29, 1.82) is 0 Å². The first-order valence-corrected chi connectivity index (χ1v) is 13.4. The SMILES string of the molecule is CC(=O)NCCN1CCCN(C(=O)c2cc(Cc3c[nH]c(=O)c4cc(Cl)c(Cl)n34)ccc2F)CC1.O=C(O)C(F)(F)F. The highest BCUT2D eigenvalue weighted by Gasteiger charge is 2.38. The maximum absolute atomic E-state index is 14.7. The lowest BCUT2D eigenvalue weighted by molar-refractivity contribution is -0.192. The molecule has 3 heterocycles. The van der Waals surface area contributed by atoms with Gasteiger partial charge in [-0.25, -0.2) is 9.18 Å². The molecule has 1 aliphatic heterocycles. The zero-order chi connectivity index (χ0) is 31.2. The summed E-state index contributed by atoms with van der Waals surface area (Å²) in [6.45, 7) is 5.17. The van der Waals surface area contributed by atoms with Crippen LogP contribution in [0.3, 0.4) is 0 Å². The lowest BCUT2D eigenvalue weighted by Gasteiger charge is -2.22. The molecule has 0 unspecified atom stereocenters. The van der Waals surface area contributed by atoms with Gasteiger partial charge in [-0.05, 0) is 36.7 Å². The molecule has 2 aromatic heterocycles. The molecular weight excluding hydrogens is 609 g/mol. The van der Waals surface area contributed by atoms with Crippen LogP contribution in [0.25, 0.3) is 5.52 Å². The summed E-state index contributed by atoms with van der Waals surface area (Å²) in [5, 5.41) is 10.4. The van der Waals surface area contributed by atoms with Crippen molar-refractivity contribution in [1.82, 2.24) is 24.5 Å². The van der Waals surface area contributed by atoms with Crippen LogP contribution in [0.15, 0.2) is 35.3 Å². The molecule has 10 nitrogen and oxygen atoms in total. The van der Waals surface area contributed by atoms with Gasteiger partial charge >= 0.3 is 12.1 Å². The smallest absolute Gasteiger partial charge is 0.475 e. The van der Waals surface area contributed by atoms with Crippen LogP contribution in [0.5, 0.6) is 0 Å². The predicted octanol–water partition coefficient (Wildman–Crippen LogP) is 3.58. The molecule has 2 amide bonds. The zero-order valence-electron chi connectivity index (χ0n) is 22.2. The first-order chi connectivity index (χ1) is 19.7. The van der Waals surface area contributed by atoms with Crippen molar-refractivity contribution in [3.8, 4) is 0 Å². The number of fused-ring (bicyclic) bond motifs is 1. The Bertz CT molecular complexity index is 1530. The van der Waals surface area contributed by atoms with E-state index in [1.165, 1.54) is 25.3 Å². The number of aromatic amines is 1. The van der Waals surface area contributed by atoms with Gasteiger partial charge in [-0.15, -0.1) is 0 Å². The highest BCUT2D eigenvalue weighted by atomic mass is 35.5. The molecule has 1 fully saturated rings. The van der Waals surface area contributed by atoms with Crippen molar-refractivity contribution in [2.75, 3.05) is 39.3 Å². The van der Waals surface area contributed by atoms with Crippen molar-refractivity contribution in [3.05, 3.63) is 73.6 Å². The monoisotopic (exact) mass is 635 g/mol. The summed E-state index contributed by atoms with van der Waals surface area (Å²) in [5.74, 6) is -3.77. The first kappa shape index (κ1) is 32.9. The Morgan fingerprint density at radius 1 is 1.10 bits per heavy atom. The number of rotatable bonds is 6. The summed E-state index contributed by atoms with van der Waals surface area (Å²) in [7, 11) is 0. The third-order valence-corrected chi connectivity index (χ3v) is 7.11. The number of nitrogens with one attached hydrogen (secondary N) is 2. The largest absolute Gasteiger partial charge is 0.490 e. The number of benzene rings is 1. The number of carbonyl (C=O) groups is 3. The number of carbonyl (C=O) groups excluding carboxylic acids is 2. The summed E-state index contributed by atoms with van der Waals surface area (Å²) < 4.78 is 48.0. The van der Waals surface area contributed by atoms with E-state index in [4.69, 9.17) is 33.1 Å². The summed E-state index contributed by atoms with van der Waals surface area (Å²) in [6, 6.07) is 5.93. The van der Waals surface area contributed by atoms with Crippen LogP contribution in [0, 0.1) is 5.82 Å². The molecule has 1 aromatic carbocycles. The van der Waals surface area contributed by atoms with Gasteiger partial charge in [-0.2, -0.15) is 13.2 Å². The van der Waals surface area contributed by atoms with Gasteiger partial charge in [0.15, 0.2) is 0 Å². The summed E-state index contributed by atoms with van der Waals surface area (Å²) >= 11 is 12.4. The Labute approximate surface area is 246 Å². The highest BCUT2D eigenvalue weighted by Crippen LogP contribution is 2.27. The molecule has 0 bridgehead atoms. The van der Waals surface area contributed by atoms with E-state index in [9.17, 15) is 31.9 Å². The van der Waals surface area contributed by atoms with E-state index in [0.717, 1.165) is 13.0 Å². The van der Waals surface area contributed by atoms with Gasteiger partial charge < -0.3 is 20.3 Å². The number of halogens is 6. The molecule has 3 N–H and O–H groups in total. The lowest BCUT2D eigenvalue weighted by atomic mass is 10.0. The van der Waals surface area contributed by atoms with E-state index in [-0.39, 0.29) is 33.1 Å². The number of alkyl halides is 3. The van der Waals surface area contributed by atoms with E-state index in [2.05, 4.69) is 15.2 Å². The fraction of sp³-hybridized carbons (Fsp3) is 0.385. The molecule has 3 aromatic rings. The van der Waals surface area contributed by atoms with Gasteiger partial charge in [-0.3, -0.25) is 23.7 Å².